The Morgan fingerprint density at radius 2 is 2.33 bits per heavy atom. The molecule has 0 aliphatic heterocycles. The molecule has 0 amide bonds. The monoisotopic (exact) mass is 153 g/mol. The predicted molar refractivity (Wildman–Crippen MR) is 31.5 cm³/mol. The van der Waals surface area contributed by atoms with Crippen molar-refractivity contribution in [1.82, 2.24) is 5.01 Å². The first-order valence-corrected chi connectivity index (χ1v) is 2.75. The topological polar surface area (TPSA) is 50.9 Å². The van der Waals surface area contributed by atoms with Crippen molar-refractivity contribution in [3.8, 4) is 0 Å². The number of rotatable bonds is 3. The summed E-state index contributed by atoms with van der Waals surface area (Å²) in [7, 11) is 3.07. The van der Waals surface area contributed by atoms with E-state index in [9.17, 15) is 5.21 Å². The fourth-order valence-corrected chi connectivity index (χ4v) is 0.188. The standard InChI is InChI=1S/C3H8ClN3O2/c1-6(2)7(8)5-9-3-4/h3H2,1-2H3. The molecule has 0 fully saturated rings. The second-order valence-electron chi connectivity index (χ2n) is 1.42. The lowest BCUT2D eigenvalue weighted by Gasteiger charge is -2.04. The lowest BCUT2D eigenvalue weighted by molar-refractivity contribution is -0.699. The summed E-state index contributed by atoms with van der Waals surface area (Å²) in [5.74, 6) is 0. The number of hydrogen-bond donors (Lipinski definition) is 0. The molecule has 0 atom stereocenters. The highest BCUT2D eigenvalue weighted by Crippen LogP contribution is 1.83. The van der Waals surface area contributed by atoms with Gasteiger partial charge in [-0.25, -0.2) is 0 Å². The zero-order valence-electron chi connectivity index (χ0n) is 5.24. The number of hydrazine groups is 1. The van der Waals surface area contributed by atoms with Crippen LogP contribution in [0.1, 0.15) is 0 Å². The minimum Gasteiger partial charge on any atom is -0.569 e. The Morgan fingerprint density at radius 3 is 2.67 bits per heavy atom. The molecule has 0 N–H and O–H groups in total. The van der Waals surface area contributed by atoms with Gasteiger partial charge in [0.05, 0.1) is 19.1 Å². The number of alkyl halides is 1. The molecule has 0 saturated carbocycles. The van der Waals surface area contributed by atoms with E-state index in [-0.39, 0.29) is 11.0 Å². The molecule has 0 radical (unpaired) electrons. The second-order valence-corrected chi connectivity index (χ2v) is 1.64. The summed E-state index contributed by atoms with van der Waals surface area (Å²) in [6, 6.07) is -0.118. The molecule has 6 heteroatoms. The minimum absolute atomic E-state index is 0.118. The largest absolute Gasteiger partial charge is 0.569 e. The van der Waals surface area contributed by atoms with E-state index >= 15 is 0 Å². The first-order chi connectivity index (χ1) is 4.18. The van der Waals surface area contributed by atoms with E-state index in [0.29, 0.717) is 0 Å². The molecule has 0 aliphatic rings. The molecule has 0 aromatic rings. The fourth-order valence-electron chi connectivity index (χ4n) is 0.144. The van der Waals surface area contributed by atoms with Crippen molar-refractivity contribution in [2.45, 2.75) is 0 Å². The molecule has 0 spiro atoms. The van der Waals surface area contributed by atoms with Gasteiger partial charge in [-0.05, 0) is 0 Å². The first kappa shape index (κ1) is 8.29. The summed E-state index contributed by atoms with van der Waals surface area (Å²) in [4.78, 5) is 4.50. The van der Waals surface area contributed by atoms with Crippen LogP contribution in [0.2, 0.25) is 0 Å². The average molecular weight is 154 g/mol. The molecule has 9 heavy (non-hydrogen) atoms. The van der Waals surface area contributed by atoms with Crippen LogP contribution in [-0.2, 0) is 4.84 Å². The van der Waals surface area contributed by atoms with Crippen LogP contribution in [0.25, 0.3) is 0 Å². The lowest BCUT2D eigenvalue weighted by Crippen LogP contribution is -2.20. The van der Waals surface area contributed by atoms with Crippen molar-refractivity contribution in [1.29, 1.82) is 0 Å². The normalized spacial score (nSPS) is 11.2. The lowest BCUT2D eigenvalue weighted by atomic mass is 11.2. The van der Waals surface area contributed by atoms with Crippen LogP contribution in [-0.4, -0.2) is 30.1 Å². The molecular weight excluding hydrogens is 146 g/mol. The van der Waals surface area contributed by atoms with Gasteiger partial charge < -0.3 is 10.0 Å². The number of hydrogen-bond acceptors (Lipinski definition) is 3. The molecule has 0 heterocycles. The quantitative estimate of drug-likeness (QED) is 0.258. The van der Waals surface area contributed by atoms with Crippen molar-refractivity contribution in [2.75, 3.05) is 20.2 Å². The Bertz CT molecular complexity index is 105. The highest BCUT2D eigenvalue weighted by molar-refractivity contribution is 6.17. The highest BCUT2D eigenvalue weighted by Gasteiger charge is 1.94. The zero-order chi connectivity index (χ0) is 7.28. The predicted octanol–water partition coefficient (Wildman–Crippen LogP) is 0.553. The van der Waals surface area contributed by atoms with Crippen LogP contribution >= 0.6 is 11.6 Å². The molecule has 0 saturated heterocycles. The molecule has 0 rings (SSSR count). The third-order valence-electron chi connectivity index (χ3n) is 0.519. The maximum atomic E-state index is 10.4. The van der Waals surface area contributed by atoms with Crippen LogP contribution in [0.3, 0.4) is 0 Å². The van der Waals surface area contributed by atoms with E-state index in [0.717, 1.165) is 0 Å². The van der Waals surface area contributed by atoms with Crippen LogP contribution in [0.4, 0.5) is 0 Å². The van der Waals surface area contributed by atoms with Gasteiger partial charge >= 0.3 is 0 Å². The fraction of sp³-hybridized carbons (Fsp3) is 1.00. The second kappa shape index (κ2) is 4.20. The minimum atomic E-state index is -0.118. The van der Waals surface area contributed by atoms with Gasteiger partial charge in [0.1, 0.15) is 0 Å². The van der Waals surface area contributed by atoms with E-state index in [1.807, 2.05) is 0 Å². The van der Waals surface area contributed by atoms with Gasteiger partial charge in [0.15, 0.2) is 6.07 Å². The molecule has 0 aromatic carbocycles. The molecule has 5 nitrogen and oxygen atoms in total. The summed E-state index contributed by atoms with van der Waals surface area (Å²) < 4.78 is 0. The molecule has 0 unspecified atom stereocenters. The average Bonchev–Trinajstić information content (AvgIpc) is 1.82. The van der Waals surface area contributed by atoms with Gasteiger partial charge in [-0.2, -0.15) is 5.01 Å². The van der Waals surface area contributed by atoms with Gasteiger partial charge in [0.2, 0.25) is 5.28 Å². The van der Waals surface area contributed by atoms with Crippen LogP contribution in [0.15, 0.2) is 5.28 Å². The first-order valence-electron chi connectivity index (χ1n) is 2.22. The molecule has 54 valence electrons. The Balaban J connectivity index is 3.55. The molecule has 0 aromatic heterocycles. The molecule has 0 aliphatic carbocycles. The van der Waals surface area contributed by atoms with Crippen LogP contribution < -0.4 is 0 Å². The third kappa shape index (κ3) is 3.84. The summed E-state index contributed by atoms with van der Waals surface area (Å²) in [5.41, 5.74) is 0. The molecular formula is C3H8ClN3O2. The van der Waals surface area contributed by atoms with Crippen LogP contribution in [0.5, 0.6) is 0 Å². The molecule has 0 bridgehead atoms. The van der Waals surface area contributed by atoms with Gasteiger partial charge in [-0.15, -0.1) is 0 Å². The summed E-state index contributed by atoms with van der Waals surface area (Å²) in [6.45, 7) is 0. The Hall–Kier alpha value is -0.710. The maximum Gasteiger partial charge on any atom is 0.234 e. The van der Waals surface area contributed by atoms with Gasteiger partial charge in [-0.1, -0.05) is 11.6 Å². The maximum absolute atomic E-state index is 10.4. The van der Waals surface area contributed by atoms with Gasteiger partial charge in [0, 0.05) is 0 Å². The van der Waals surface area contributed by atoms with E-state index in [1.165, 1.54) is 19.1 Å². The van der Waals surface area contributed by atoms with Gasteiger partial charge in [0.25, 0.3) is 0 Å². The van der Waals surface area contributed by atoms with Crippen molar-refractivity contribution < 1.29 is 9.81 Å². The van der Waals surface area contributed by atoms with E-state index in [2.05, 4.69) is 10.1 Å². The van der Waals surface area contributed by atoms with Crippen molar-refractivity contribution >= 4 is 11.6 Å². The van der Waals surface area contributed by atoms with Crippen molar-refractivity contribution in [3.63, 3.8) is 0 Å². The third-order valence-corrected chi connectivity index (χ3v) is 0.616. The zero-order valence-corrected chi connectivity index (χ0v) is 6.00. The van der Waals surface area contributed by atoms with E-state index < -0.39 is 0 Å². The van der Waals surface area contributed by atoms with Gasteiger partial charge in [-0.3, -0.25) is 0 Å². The SMILES string of the molecule is CN(C)[N+]([O-])=NOCCl. The summed E-state index contributed by atoms with van der Waals surface area (Å²) >= 11 is 5.05. The summed E-state index contributed by atoms with van der Waals surface area (Å²) in [6.07, 6.45) is 0. The van der Waals surface area contributed by atoms with Crippen LogP contribution in [0, 0.1) is 5.21 Å². The van der Waals surface area contributed by atoms with E-state index in [1.54, 1.807) is 0 Å². The smallest absolute Gasteiger partial charge is 0.234 e. The Labute approximate surface area is 58.0 Å². The van der Waals surface area contributed by atoms with Crippen molar-refractivity contribution in [2.24, 2.45) is 5.28 Å². The number of nitrogens with zero attached hydrogens (tertiary/aromatic N) is 3. The van der Waals surface area contributed by atoms with E-state index in [4.69, 9.17) is 11.6 Å². The number of halogens is 1. The highest BCUT2D eigenvalue weighted by atomic mass is 35.5. The Kier molecular flexibility index (Phi) is 3.87. The Morgan fingerprint density at radius 1 is 1.78 bits per heavy atom. The summed E-state index contributed by atoms with van der Waals surface area (Å²) in [5, 5.41) is 14.6. The van der Waals surface area contributed by atoms with Crippen molar-refractivity contribution in [3.05, 3.63) is 5.21 Å².